The van der Waals surface area contributed by atoms with Gasteiger partial charge in [0, 0.05) is 68.8 Å². The third-order valence-corrected chi connectivity index (χ3v) is 11.5. The van der Waals surface area contributed by atoms with Crippen molar-refractivity contribution >= 4 is 34.4 Å². The molecular weight excluding hydrogens is 604 g/mol. The molecular formula is C37H50N8O3. The number of piperazine rings is 1. The molecule has 4 N–H and O–H groups in total. The summed E-state index contributed by atoms with van der Waals surface area (Å²) in [6, 6.07) is 12.4. The van der Waals surface area contributed by atoms with Gasteiger partial charge in [0.05, 0.1) is 17.6 Å². The molecule has 11 nitrogen and oxygen atoms in total. The van der Waals surface area contributed by atoms with Gasteiger partial charge in [-0.25, -0.2) is 4.79 Å². The van der Waals surface area contributed by atoms with Gasteiger partial charge in [0.25, 0.3) is 0 Å². The molecule has 3 fully saturated rings. The number of hydrogen-bond donors (Lipinski definition) is 4. The largest absolute Gasteiger partial charge is 0.343 e. The van der Waals surface area contributed by atoms with Crippen molar-refractivity contribution in [3.8, 4) is 0 Å². The Labute approximate surface area is 283 Å². The normalized spacial score (nSPS) is 22.6. The van der Waals surface area contributed by atoms with Gasteiger partial charge in [0.1, 0.15) is 0 Å². The molecule has 48 heavy (non-hydrogen) atoms. The van der Waals surface area contributed by atoms with E-state index in [9.17, 15) is 14.4 Å². The number of H-pyrrole nitrogens is 1. The number of nitrogens with one attached hydrogen (secondary N) is 4. The van der Waals surface area contributed by atoms with Gasteiger partial charge in [-0.3, -0.25) is 14.7 Å². The van der Waals surface area contributed by atoms with Crippen LogP contribution in [-0.2, 0) is 16.0 Å². The van der Waals surface area contributed by atoms with E-state index in [1.54, 1.807) is 0 Å². The van der Waals surface area contributed by atoms with E-state index < -0.39 is 5.92 Å². The molecule has 1 aromatic heterocycles. The first-order valence-corrected chi connectivity index (χ1v) is 18.0. The molecule has 3 saturated heterocycles. The first-order chi connectivity index (χ1) is 23.4. The lowest BCUT2D eigenvalue weighted by molar-refractivity contribution is -0.146. The molecule has 0 radical (unpaired) electrons. The molecule has 0 spiro atoms. The summed E-state index contributed by atoms with van der Waals surface area (Å²) in [7, 11) is 0. The van der Waals surface area contributed by atoms with E-state index >= 15 is 0 Å². The third-order valence-electron chi connectivity index (χ3n) is 11.5. The second kappa shape index (κ2) is 14.3. The number of para-hydroxylation sites is 1. The van der Waals surface area contributed by atoms with Crippen LogP contribution in [0, 0.1) is 18.8 Å². The van der Waals surface area contributed by atoms with E-state index in [1.807, 2.05) is 34.2 Å². The van der Waals surface area contributed by atoms with Crippen LogP contribution in [0.1, 0.15) is 61.6 Å². The fourth-order valence-corrected chi connectivity index (χ4v) is 8.58. The zero-order valence-corrected chi connectivity index (χ0v) is 28.3. The lowest BCUT2D eigenvalue weighted by atomic mass is 9.81. The summed E-state index contributed by atoms with van der Waals surface area (Å²) in [5, 5.41) is 18.5. The third kappa shape index (κ3) is 6.67. The summed E-state index contributed by atoms with van der Waals surface area (Å²) in [6.45, 7) is 10.2. The number of fused-ring (bicyclic) bond motifs is 2. The average Bonchev–Trinajstić information content (AvgIpc) is 3.54. The summed E-state index contributed by atoms with van der Waals surface area (Å²) in [6.07, 6.45) is 6.39. The number of aryl methyl sites for hydroxylation is 1. The highest BCUT2D eigenvalue weighted by Crippen LogP contribution is 2.35. The maximum absolute atomic E-state index is 14.7. The number of aromatic amines is 1. The second-order valence-electron chi connectivity index (χ2n) is 14.3. The molecule has 5 heterocycles. The number of piperidine rings is 2. The lowest BCUT2D eigenvalue weighted by Crippen LogP contribution is -2.59. The van der Waals surface area contributed by atoms with Crippen LogP contribution >= 0.6 is 0 Å². The van der Waals surface area contributed by atoms with E-state index in [1.165, 1.54) is 0 Å². The van der Waals surface area contributed by atoms with Crippen LogP contribution in [0.3, 0.4) is 0 Å². The van der Waals surface area contributed by atoms with Crippen LogP contribution < -0.4 is 16.0 Å². The molecule has 4 aliphatic heterocycles. The number of hydrogen-bond acceptors (Lipinski definition) is 6. The molecule has 256 valence electrons. The van der Waals surface area contributed by atoms with E-state index in [4.69, 9.17) is 0 Å². The molecule has 0 aliphatic carbocycles. The van der Waals surface area contributed by atoms with Crippen molar-refractivity contribution in [1.82, 2.24) is 35.5 Å². The van der Waals surface area contributed by atoms with Crippen LogP contribution in [0.25, 0.3) is 10.9 Å². The quantitative estimate of drug-likeness (QED) is 0.307. The van der Waals surface area contributed by atoms with Gasteiger partial charge in [-0.05, 0) is 92.8 Å². The van der Waals surface area contributed by atoms with Gasteiger partial charge in [-0.2, -0.15) is 5.10 Å². The topological polar surface area (TPSA) is 126 Å². The molecule has 3 aromatic rings. The number of anilines is 1. The first-order valence-electron chi connectivity index (χ1n) is 18.0. The molecule has 11 heteroatoms. The summed E-state index contributed by atoms with van der Waals surface area (Å²) in [5.74, 6) is -0.0519. The number of aromatic nitrogens is 2. The smallest absolute Gasteiger partial charge is 0.322 e. The highest BCUT2D eigenvalue weighted by atomic mass is 16.2. The van der Waals surface area contributed by atoms with Gasteiger partial charge in [0.2, 0.25) is 11.8 Å². The molecule has 0 bridgehead atoms. The van der Waals surface area contributed by atoms with Crippen molar-refractivity contribution in [3.05, 3.63) is 59.3 Å². The van der Waals surface area contributed by atoms with Crippen molar-refractivity contribution in [2.45, 2.75) is 70.4 Å². The molecule has 4 amide bonds. The van der Waals surface area contributed by atoms with E-state index in [2.05, 4.69) is 63.1 Å². The van der Waals surface area contributed by atoms with Gasteiger partial charge in [-0.1, -0.05) is 31.2 Å². The fraction of sp³-hybridized carbons (Fsp3) is 0.568. The Kier molecular flexibility index (Phi) is 9.68. The molecule has 3 atom stereocenters. The van der Waals surface area contributed by atoms with Crippen molar-refractivity contribution in [3.63, 3.8) is 0 Å². The Morgan fingerprint density at radius 2 is 1.77 bits per heavy atom. The predicted octanol–water partition coefficient (Wildman–Crippen LogP) is 3.86. The maximum Gasteiger partial charge on any atom is 0.322 e. The van der Waals surface area contributed by atoms with Crippen LogP contribution in [0.5, 0.6) is 0 Å². The van der Waals surface area contributed by atoms with Crippen LogP contribution in [0.2, 0.25) is 0 Å². The number of likely N-dealkylation sites (tertiary alicyclic amines) is 1. The lowest BCUT2D eigenvalue weighted by Gasteiger charge is -2.44. The van der Waals surface area contributed by atoms with Gasteiger partial charge >= 0.3 is 6.03 Å². The average molecular weight is 655 g/mol. The molecule has 0 saturated carbocycles. The maximum atomic E-state index is 14.7. The first kappa shape index (κ1) is 32.6. The highest BCUT2D eigenvalue weighted by molar-refractivity contribution is 5.91. The fourth-order valence-electron chi connectivity index (χ4n) is 8.58. The number of carbonyl (C=O) groups excluding carboxylic acids is 3. The molecule has 3 unspecified atom stereocenters. The number of urea groups is 1. The van der Waals surface area contributed by atoms with Crippen molar-refractivity contribution in [2.75, 3.05) is 57.7 Å². The van der Waals surface area contributed by atoms with Gasteiger partial charge in [-0.15, -0.1) is 0 Å². The monoisotopic (exact) mass is 654 g/mol. The number of carbonyl (C=O) groups is 3. The number of nitrogens with zero attached hydrogens (tertiary/aromatic N) is 4. The minimum Gasteiger partial charge on any atom is -0.343 e. The summed E-state index contributed by atoms with van der Waals surface area (Å²) in [4.78, 5) is 48.1. The van der Waals surface area contributed by atoms with Crippen molar-refractivity contribution < 1.29 is 14.4 Å². The van der Waals surface area contributed by atoms with Crippen LogP contribution in [-0.4, -0.2) is 107 Å². The predicted molar refractivity (Wildman–Crippen MR) is 187 cm³/mol. The number of benzene rings is 2. The van der Waals surface area contributed by atoms with E-state index in [0.717, 1.165) is 91.6 Å². The molecule has 7 rings (SSSR count). The Balaban J connectivity index is 1.07. The summed E-state index contributed by atoms with van der Waals surface area (Å²) >= 11 is 0. The Hall–Kier alpha value is -3.96. The summed E-state index contributed by atoms with van der Waals surface area (Å²) in [5.41, 5.74) is 5.19. The standard InChI is InChI=1S/C37H50N8O3/c1-24-19-28(20-29-22-40-42-35(24)29)25(2)31(36(47)45-18-14-39-23-33(45)27-7-12-38-13-8-27)21-34(46)43-15-10-30(11-16-43)44-17-9-26-5-3-4-6-32(26)41-37(44)48/h3-6,19-20,22,25,27,30-31,33,38-39H,7-18,21,23H2,1-2H3,(H,40,42)(H,41,48). The molecule has 4 aliphatic rings. The van der Waals surface area contributed by atoms with Gasteiger partial charge < -0.3 is 30.7 Å². The Morgan fingerprint density at radius 3 is 2.58 bits per heavy atom. The van der Waals surface area contributed by atoms with E-state index in [0.29, 0.717) is 32.1 Å². The Bertz CT molecular complexity index is 1630. The van der Waals surface area contributed by atoms with Crippen molar-refractivity contribution in [2.24, 2.45) is 11.8 Å². The summed E-state index contributed by atoms with van der Waals surface area (Å²) < 4.78 is 0. The Morgan fingerprint density at radius 1 is 0.979 bits per heavy atom. The molecule has 2 aromatic carbocycles. The minimum atomic E-state index is -0.476. The van der Waals surface area contributed by atoms with E-state index in [-0.39, 0.29) is 42.3 Å². The SMILES string of the molecule is Cc1cc(C(C)C(CC(=O)N2CCC(N3CCc4ccccc4NC3=O)CC2)C(=O)N2CCNCC2C2CCNCC2)cc2cn[nH]c12. The van der Waals surface area contributed by atoms with Crippen molar-refractivity contribution in [1.29, 1.82) is 0 Å². The minimum absolute atomic E-state index is 0.0287. The zero-order chi connectivity index (χ0) is 33.2. The highest BCUT2D eigenvalue weighted by Gasteiger charge is 2.40. The zero-order valence-electron chi connectivity index (χ0n) is 28.3. The second-order valence-corrected chi connectivity index (χ2v) is 14.3. The number of amides is 4. The van der Waals surface area contributed by atoms with Gasteiger partial charge in [0.15, 0.2) is 0 Å². The van der Waals surface area contributed by atoms with Crippen LogP contribution in [0.4, 0.5) is 10.5 Å². The number of rotatable bonds is 7. The van der Waals surface area contributed by atoms with Crippen LogP contribution in [0.15, 0.2) is 42.6 Å².